The largest absolute Gasteiger partial charge is 0.456 e. The van der Waals surface area contributed by atoms with Crippen molar-refractivity contribution < 1.29 is 8.83 Å². The summed E-state index contributed by atoms with van der Waals surface area (Å²) < 4.78 is 12.8. The first-order valence-electron chi connectivity index (χ1n) is 20.4. The number of hydrogen-bond donors (Lipinski definition) is 0. The number of hydrogen-bond acceptors (Lipinski definition) is 2. The van der Waals surface area contributed by atoms with E-state index in [2.05, 4.69) is 188 Å². The van der Waals surface area contributed by atoms with Crippen LogP contribution in [-0.4, -0.2) is 0 Å². The minimum Gasteiger partial charge on any atom is -0.456 e. The van der Waals surface area contributed by atoms with Gasteiger partial charge in [0.2, 0.25) is 0 Å². The van der Waals surface area contributed by atoms with Crippen LogP contribution in [0.15, 0.2) is 203 Å². The third kappa shape index (κ3) is 4.05. The van der Waals surface area contributed by atoms with Crippen molar-refractivity contribution in [1.82, 2.24) is 0 Å². The first kappa shape index (κ1) is 31.4. The zero-order valence-electron chi connectivity index (χ0n) is 31.8. The Morgan fingerprint density at radius 3 is 1.73 bits per heavy atom. The van der Waals surface area contributed by atoms with E-state index >= 15 is 0 Å². The van der Waals surface area contributed by atoms with E-state index < -0.39 is 5.41 Å². The van der Waals surface area contributed by atoms with Crippen LogP contribution in [0.5, 0.6) is 0 Å². The molecule has 272 valence electrons. The zero-order chi connectivity index (χ0) is 38.4. The van der Waals surface area contributed by atoms with E-state index in [-0.39, 0.29) is 0 Å². The maximum atomic E-state index is 6.58. The van der Waals surface area contributed by atoms with Gasteiger partial charge >= 0.3 is 0 Å². The number of furan rings is 2. The van der Waals surface area contributed by atoms with Gasteiger partial charge < -0.3 is 8.83 Å². The molecule has 0 amide bonds. The molecule has 2 aromatic heterocycles. The van der Waals surface area contributed by atoms with E-state index in [4.69, 9.17) is 8.83 Å². The second kappa shape index (κ2) is 11.2. The van der Waals surface area contributed by atoms with Crippen LogP contribution in [0.4, 0.5) is 0 Å². The predicted molar refractivity (Wildman–Crippen MR) is 243 cm³/mol. The summed E-state index contributed by atoms with van der Waals surface area (Å²) in [7, 11) is 0. The normalized spacial score (nSPS) is 13.6. The molecule has 0 radical (unpaired) electrons. The van der Waals surface area contributed by atoms with E-state index in [0.717, 1.165) is 43.9 Å². The lowest BCUT2D eigenvalue weighted by Gasteiger charge is -2.31. The highest BCUT2D eigenvalue weighted by Crippen LogP contribution is 2.64. The summed E-state index contributed by atoms with van der Waals surface area (Å²) in [6, 6.07) is 71.6. The molecule has 0 unspecified atom stereocenters. The first-order chi connectivity index (χ1) is 29.2. The van der Waals surface area contributed by atoms with Crippen molar-refractivity contribution in [1.29, 1.82) is 0 Å². The molecule has 1 spiro atoms. The fraction of sp³-hybridized carbons (Fsp3) is 0.0175. The quantitative estimate of drug-likeness (QED) is 0.176. The Morgan fingerprint density at radius 1 is 0.271 bits per heavy atom. The molecule has 0 fully saturated rings. The molecule has 59 heavy (non-hydrogen) atoms. The van der Waals surface area contributed by atoms with Gasteiger partial charge in [0.25, 0.3) is 0 Å². The summed E-state index contributed by atoms with van der Waals surface area (Å²) in [4.78, 5) is 0. The molecule has 2 nitrogen and oxygen atoms in total. The van der Waals surface area contributed by atoms with Crippen molar-refractivity contribution in [2.24, 2.45) is 0 Å². The van der Waals surface area contributed by atoms with Gasteiger partial charge in [-0.05, 0) is 143 Å². The molecule has 10 aromatic carbocycles. The summed E-state index contributed by atoms with van der Waals surface area (Å²) in [6.07, 6.45) is 0. The van der Waals surface area contributed by atoms with Gasteiger partial charge in [0, 0.05) is 21.5 Å². The number of para-hydroxylation sites is 1. The van der Waals surface area contributed by atoms with Crippen molar-refractivity contribution in [3.63, 3.8) is 0 Å². The summed E-state index contributed by atoms with van der Waals surface area (Å²) in [5.74, 6) is 0. The van der Waals surface area contributed by atoms with E-state index in [9.17, 15) is 0 Å². The Kier molecular flexibility index (Phi) is 5.99. The third-order valence-electron chi connectivity index (χ3n) is 13.5. The van der Waals surface area contributed by atoms with Crippen LogP contribution in [0.25, 0.3) is 110 Å². The number of benzene rings is 10. The fourth-order valence-electron chi connectivity index (χ4n) is 11.0. The molecule has 0 aliphatic heterocycles. The Balaban J connectivity index is 1.05. The zero-order valence-corrected chi connectivity index (χ0v) is 31.8. The lowest BCUT2D eigenvalue weighted by Crippen LogP contribution is -2.26. The highest BCUT2D eigenvalue weighted by atomic mass is 16.3. The topological polar surface area (TPSA) is 26.3 Å². The van der Waals surface area contributed by atoms with Crippen molar-refractivity contribution in [2.75, 3.05) is 0 Å². The average molecular weight is 749 g/mol. The molecular weight excluding hydrogens is 717 g/mol. The van der Waals surface area contributed by atoms with E-state index in [1.807, 2.05) is 6.07 Å². The van der Waals surface area contributed by atoms with Crippen LogP contribution in [0.1, 0.15) is 22.3 Å². The molecule has 14 rings (SSSR count). The second-order valence-corrected chi connectivity index (χ2v) is 16.3. The first-order valence-corrected chi connectivity index (χ1v) is 20.4. The van der Waals surface area contributed by atoms with Crippen molar-refractivity contribution in [2.45, 2.75) is 5.41 Å². The highest BCUT2D eigenvalue weighted by Gasteiger charge is 2.52. The van der Waals surface area contributed by atoms with Gasteiger partial charge in [-0.3, -0.25) is 0 Å². The third-order valence-corrected chi connectivity index (χ3v) is 13.5. The van der Waals surface area contributed by atoms with E-state index in [1.165, 1.54) is 88.3 Å². The summed E-state index contributed by atoms with van der Waals surface area (Å²) in [5, 5.41) is 9.45. The minimum atomic E-state index is -0.511. The average Bonchev–Trinajstić information content (AvgIpc) is 4.01. The second-order valence-electron chi connectivity index (χ2n) is 16.3. The molecule has 2 aliphatic rings. The summed E-state index contributed by atoms with van der Waals surface area (Å²) in [6.45, 7) is 0. The van der Waals surface area contributed by atoms with Crippen LogP contribution < -0.4 is 0 Å². The Hall–Kier alpha value is -7.68. The molecule has 0 atom stereocenters. The van der Waals surface area contributed by atoms with E-state index in [1.54, 1.807) is 0 Å². The highest BCUT2D eigenvalue weighted by molar-refractivity contribution is 6.16. The van der Waals surface area contributed by atoms with Crippen LogP contribution in [-0.2, 0) is 5.41 Å². The SMILES string of the molecule is c1ccc2c(c1)-c1ccccc1C21c2cc(-c3cccc4oc5cc6ccccc6cc5c34)ccc2-c2cc3cccc(-c4ccc5oc6ccccc6c5c4)c3cc21. The van der Waals surface area contributed by atoms with Crippen molar-refractivity contribution >= 4 is 65.4 Å². The molecule has 2 heterocycles. The van der Waals surface area contributed by atoms with Gasteiger partial charge in [-0.25, -0.2) is 0 Å². The summed E-state index contributed by atoms with van der Waals surface area (Å²) >= 11 is 0. The Bertz CT molecular complexity index is 3750. The fourth-order valence-corrected chi connectivity index (χ4v) is 11.0. The molecule has 0 saturated carbocycles. The predicted octanol–water partition coefficient (Wildman–Crippen LogP) is 15.5. The lowest BCUT2D eigenvalue weighted by atomic mass is 9.70. The molecule has 12 aromatic rings. The number of fused-ring (bicyclic) bond motifs is 18. The summed E-state index contributed by atoms with van der Waals surface area (Å²) in [5.41, 5.74) is 18.4. The minimum absolute atomic E-state index is 0.511. The van der Waals surface area contributed by atoms with Gasteiger partial charge in [-0.15, -0.1) is 0 Å². The van der Waals surface area contributed by atoms with Crippen LogP contribution in [0.2, 0.25) is 0 Å². The lowest BCUT2D eigenvalue weighted by molar-refractivity contribution is 0.669. The van der Waals surface area contributed by atoms with Crippen molar-refractivity contribution in [3.05, 3.63) is 216 Å². The standard InChI is InChI=1S/C57H32O2/c1-2-12-34-31-55-47(27-33(34)11-1)56-39(18-10-22-54(56)59-55)37-23-25-42-45-28-35-13-9-17-38(36-24-26-53-46(29-36)43-16-5-8-21-52(43)58-53)44(35)32-51(45)57(50(42)30-37)48-19-6-3-14-40(48)41-15-4-7-20-49(41)57/h1-32H. The molecule has 2 heteroatoms. The van der Waals surface area contributed by atoms with Crippen LogP contribution in [0.3, 0.4) is 0 Å². The molecule has 0 bridgehead atoms. The molecule has 0 N–H and O–H groups in total. The smallest absolute Gasteiger partial charge is 0.136 e. The van der Waals surface area contributed by atoms with Gasteiger partial charge in [-0.2, -0.15) is 0 Å². The Morgan fingerprint density at radius 2 is 0.864 bits per heavy atom. The maximum absolute atomic E-state index is 6.58. The van der Waals surface area contributed by atoms with Gasteiger partial charge in [0.1, 0.15) is 22.3 Å². The number of rotatable bonds is 2. The monoisotopic (exact) mass is 748 g/mol. The molecule has 0 saturated heterocycles. The van der Waals surface area contributed by atoms with Crippen molar-refractivity contribution in [3.8, 4) is 44.5 Å². The Labute approximate surface area is 339 Å². The van der Waals surface area contributed by atoms with Gasteiger partial charge in [0.05, 0.1) is 5.41 Å². The van der Waals surface area contributed by atoms with Gasteiger partial charge in [-0.1, -0.05) is 140 Å². The van der Waals surface area contributed by atoms with E-state index in [0.29, 0.717) is 0 Å². The maximum Gasteiger partial charge on any atom is 0.136 e. The molecule has 2 aliphatic carbocycles. The van der Waals surface area contributed by atoms with Crippen LogP contribution >= 0.6 is 0 Å². The molecular formula is C57H32O2. The van der Waals surface area contributed by atoms with Gasteiger partial charge in [0.15, 0.2) is 0 Å². The van der Waals surface area contributed by atoms with Crippen LogP contribution in [0, 0.1) is 0 Å².